The molecule has 1 aliphatic heterocycles. The molecule has 1 fully saturated rings. The standard InChI is InChI=1S/C27H27N5S/c1-19-15-23(20(2)31(19)18-22-11-8-13-28-16-22)26-25(24-12-6-7-14-29-24)30-27(33)32(26)17-21-9-4-3-5-10-21/h3-16,25-26H,17-18H2,1-2H3,(H,30,33)/t25-,26-/m0/s1. The van der Waals surface area contributed by atoms with Crippen LogP contribution in [0.3, 0.4) is 0 Å². The van der Waals surface area contributed by atoms with Crippen molar-refractivity contribution in [1.29, 1.82) is 0 Å². The summed E-state index contributed by atoms with van der Waals surface area (Å²) in [5, 5.41) is 4.33. The Balaban J connectivity index is 1.56. The molecule has 4 heterocycles. The maximum Gasteiger partial charge on any atom is 0.170 e. The molecule has 5 nitrogen and oxygen atoms in total. The third-order valence-electron chi connectivity index (χ3n) is 6.39. The molecule has 1 N–H and O–H groups in total. The van der Waals surface area contributed by atoms with Crippen LogP contribution in [-0.2, 0) is 13.1 Å². The predicted octanol–water partition coefficient (Wildman–Crippen LogP) is 5.12. The first kappa shape index (κ1) is 21.3. The van der Waals surface area contributed by atoms with Crippen LogP contribution >= 0.6 is 12.2 Å². The van der Waals surface area contributed by atoms with E-state index in [4.69, 9.17) is 12.2 Å². The van der Waals surface area contributed by atoms with Gasteiger partial charge in [0, 0.05) is 43.1 Å². The second-order valence-corrected chi connectivity index (χ2v) is 8.90. The van der Waals surface area contributed by atoms with E-state index in [9.17, 15) is 0 Å². The minimum Gasteiger partial charge on any atom is -0.352 e. The van der Waals surface area contributed by atoms with Gasteiger partial charge in [-0.25, -0.2) is 0 Å². The minimum atomic E-state index is -0.0187. The Bertz CT molecular complexity index is 1240. The lowest BCUT2D eigenvalue weighted by Crippen LogP contribution is -2.29. The molecule has 166 valence electrons. The van der Waals surface area contributed by atoms with Gasteiger partial charge in [-0.15, -0.1) is 0 Å². The molecule has 2 atom stereocenters. The van der Waals surface area contributed by atoms with Gasteiger partial charge in [-0.2, -0.15) is 0 Å². The summed E-state index contributed by atoms with van der Waals surface area (Å²) in [6.07, 6.45) is 5.60. The molecule has 0 radical (unpaired) electrons. The van der Waals surface area contributed by atoms with Crippen molar-refractivity contribution >= 4 is 17.3 Å². The zero-order valence-electron chi connectivity index (χ0n) is 18.8. The smallest absolute Gasteiger partial charge is 0.170 e. The lowest BCUT2D eigenvalue weighted by atomic mass is 9.96. The number of hydrogen-bond acceptors (Lipinski definition) is 3. The highest BCUT2D eigenvalue weighted by Crippen LogP contribution is 2.41. The summed E-state index contributed by atoms with van der Waals surface area (Å²) in [5.41, 5.74) is 7.16. The third kappa shape index (κ3) is 4.26. The number of aryl methyl sites for hydroxylation is 1. The molecule has 33 heavy (non-hydrogen) atoms. The second-order valence-electron chi connectivity index (χ2n) is 8.51. The first-order valence-corrected chi connectivity index (χ1v) is 11.6. The van der Waals surface area contributed by atoms with E-state index in [1.54, 1.807) is 0 Å². The molecule has 3 aromatic heterocycles. The Morgan fingerprint density at radius 3 is 2.42 bits per heavy atom. The van der Waals surface area contributed by atoms with Gasteiger partial charge in [0.05, 0.1) is 17.8 Å². The van der Waals surface area contributed by atoms with Crippen LogP contribution in [0.15, 0.2) is 85.3 Å². The highest BCUT2D eigenvalue weighted by molar-refractivity contribution is 7.80. The van der Waals surface area contributed by atoms with Crippen molar-refractivity contribution in [3.8, 4) is 0 Å². The molecular formula is C27H27N5S. The molecule has 6 heteroatoms. The Morgan fingerprint density at radius 1 is 0.909 bits per heavy atom. The molecule has 1 aliphatic rings. The van der Waals surface area contributed by atoms with Crippen molar-refractivity contribution in [2.45, 2.75) is 39.0 Å². The van der Waals surface area contributed by atoms with E-state index in [1.807, 2.05) is 42.9 Å². The Morgan fingerprint density at radius 2 is 1.70 bits per heavy atom. The number of rotatable bonds is 6. The fourth-order valence-corrected chi connectivity index (χ4v) is 5.04. The van der Waals surface area contributed by atoms with Gasteiger partial charge in [0.25, 0.3) is 0 Å². The van der Waals surface area contributed by atoms with E-state index >= 15 is 0 Å². The Hall–Kier alpha value is -3.51. The molecule has 4 aromatic rings. The van der Waals surface area contributed by atoms with Gasteiger partial charge in [-0.1, -0.05) is 42.5 Å². The fraction of sp³-hybridized carbons (Fsp3) is 0.222. The van der Waals surface area contributed by atoms with Crippen LogP contribution in [-0.4, -0.2) is 24.5 Å². The maximum atomic E-state index is 5.85. The molecule has 0 bridgehead atoms. The molecule has 0 unspecified atom stereocenters. The number of hydrogen-bond donors (Lipinski definition) is 1. The minimum absolute atomic E-state index is 0.0187. The number of benzene rings is 1. The number of pyridine rings is 2. The zero-order chi connectivity index (χ0) is 22.8. The quantitative estimate of drug-likeness (QED) is 0.411. The fourth-order valence-electron chi connectivity index (χ4n) is 4.74. The van der Waals surface area contributed by atoms with Gasteiger partial charge in [-0.05, 0) is 67.0 Å². The highest BCUT2D eigenvalue weighted by Gasteiger charge is 2.41. The average Bonchev–Trinajstić information content (AvgIpc) is 3.31. The number of nitrogens with one attached hydrogen (secondary N) is 1. The van der Waals surface area contributed by atoms with Crippen molar-refractivity contribution in [3.05, 3.63) is 119 Å². The molecule has 5 rings (SSSR count). The molecule has 1 saturated heterocycles. The van der Waals surface area contributed by atoms with Crippen LogP contribution in [0.4, 0.5) is 0 Å². The molecule has 0 saturated carbocycles. The third-order valence-corrected chi connectivity index (χ3v) is 6.74. The first-order chi connectivity index (χ1) is 16.1. The van der Waals surface area contributed by atoms with Crippen molar-refractivity contribution < 1.29 is 0 Å². The summed E-state index contributed by atoms with van der Waals surface area (Å²) >= 11 is 5.85. The second kappa shape index (κ2) is 9.16. The van der Waals surface area contributed by atoms with Crippen LogP contribution in [0.1, 0.15) is 45.9 Å². The lowest BCUT2D eigenvalue weighted by Gasteiger charge is -2.28. The lowest BCUT2D eigenvalue weighted by molar-refractivity contribution is 0.310. The van der Waals surface area contributed by atoms with Crippen LogP contribution in [0, 0.1) is 13.8 Å². The molecule has 1 aromatic carbocycles. The first-order valence-electron chi connectivity index (χ1n) is 11.2. The van der Waals surface area contributed by atoms with Crippen molar-refractivity contribution in [2.75, 3.05) is 0 Å². The van der Waals surface area contributed by atoms with E-state index in [0.717, 1.165) is 23.9 Å². The highest BCUT2D eigenvalue weighted by atomic mass is 32.1. The van der Waals surface area contributed by atoms with Crippen molar-refractivity contribution in [2.24, 2.45) is 0 Å². The molecule has 0 aliphatic carbocycles. The summed E-state index contributed by atoms with van der Waals surface area (Å²) in [6, 6.07) is 23.0. The van der Waals surface area contributed by atoms with Gasteiger partial charge in [0.2, 0.25) is 0 Å². The van der Waals surface area contributed by atoms with Crippen molar-refractivity contribution in [3.63, 3.8) is 0 Å². The van der Waals surface area contributed by atoms with Gasteiger partial charge in [0.15, 0.2) is 5.11 Å². The maximum absolute atomic E-state index is 5.85. The van der Waals surface area contributed by atoms with E-state index in [0.29, 0.717) is 0 Å². The van der Waals surface area contributed by atoms with Gasteiger partial charge in [-0.3, -0.25) is 9.97 Å². The van der Waals surface area contributed by atoms with Crippen molar-refractivity contribution in [1.82, 2.24) is 24.8 Å². The monoisotopic (exact) mass is 453 g/mol. The summed E-state index contributed by atoms with van der Waals surface area (Å²) < 4.78 is 2.36. The van der Waals surface area contributed by atoms with Gasteiger partial charge < -0.3 is 14.8 Å². The summed E-state index contributed by atoms with van der Waals surface area (Å²) in [6.45, 7) is 5.91. The van der Waals surface area contributed by atoms with Gasteiger partial charge >= 0.3 is 0 Å². The summed E-state index contributed by atoms with van der Waals surface area (Å²) in [5.74, 6) is 0. The normalized spacial score (nSPS) is 17.9. The Labute approximate surface area is 200 Å². The van der Waals surface area contributed by atoms with Crippen LogP contribution in [0.5, 0.6) is 0 Å². The molecule has 0 amide bonds. The Kier molecular flexibility index (Phi) is 5.92. The number of nitrogens with zero attached hydrogens (tertiary/aromatic N) is 4. The predicted molar refractivity (Wildman–Crippen MR) is 135 cm³/mol. The average molecular weight is 454 g/mol. The van der Waals surface area contributed by atoms with Crippen LogP contribution in [0.2, 0.25) is 0 Å². The van der Waals surface area contributed by atoms with E-state index in [-0.39, 0.29) is 12.1 Å². The molecular weight excluding hydrogens is 426 g/mol. The SMILES string of the molecule is Cc1cc([C@H]2[C@H](c3ccccn3)NC(=S)N2Cc2ccccc2)c(C)n1Cc1cccnc1. The van der Waals surface area contributed by atoms with Crippen LogP contribution in [0.25, 0.3) is 0 Å². The largest absolute Gasteiger partial charge is 0.352 e. The number of thiocarbonyl (C=S) groups is 1. The van der Waals surface area contributed by atoms with Crippen LogP contribution < -0.4 is 5.32 Å². The van der Waals surface area contributed by atoms with E-state index in [2.05, 4.69) is 81.1 Å². The summed E-state index contributed by atoms with van der Waals surface area (Å²) in [4.78, 5) is 11.3. The number of aromatic nitrogens is 3. The van der Waals surface area contributed by atoms with E-state index < -0.39 is 0 Å². The summed E-state index contributed by atoms with van der Waals surface area (Å²) in [7, 11) is 0. The topological polar surface area (TPSA) is 46.0 Å². The van der Waals surface area contributed by atoms with E-state index in [1.165, 1.54) is 28.1 Å². The van der Waals surface area contributed by atoms with Gasteiger partial charge in [0.1, 0.15) is 0 Å². The zero-order valence-corrected chi connectivity index (χ0v) is 19.7. The molecule has 0 spiro atoms.